The normalized spacial score (nSPS) is 17.4. The molecule has 0 aromatic carbocycles. The Morgan fingerprint density at radius 1 is 0.381 bits per heavy atom. The third kappa shape index (κ3) is 63.3. The molecule has 1 rings (SSSR count). The number of nitrogens with one attached hydrogen (secondary N) is 1. The van der Waals surface area contributed by atoms with Gasteiger partial charge in [-0.25, -0.2) is 0 Å². The number of carbonyl (C=O) groups excluding carboxylic acids is 2. The smallest absolute Gasteiger partial charge is 0.305 e. The summed E-state index contributed by atoms with van der Waals surface area (Å²) in [7, 11) is 0. The Labute approximate surface area is 600 Å². The summed E-state index contributed by atoms with van der Waals surface area (Å²) >= 11 is 0. The molecule has 1 aliphatic heterocycles. The van der Waals surface area contributed by atoms with Crippen molar-refractivity contribution in [2.24, 2.45) is 0 Å². The summed E-state index contributed by atoms with van der Waals surface area (Å²) in [5.74, 6) is -0.156. The Morgan fingerprint density at radius 2 is 0.691 bits per heavy atom. The number of hydrogen-bond acceptors (Lipinski definition) is 10. The van der Waals surface area contributed by atoms with E-state index < -0.39 is 49.5 Å². The van der Waals surface area contributed by atoms with E-state index >= 15 is 0 Å². The molecule has 1 heterocycles. The number of amides is 1. The lowest BCUT2D eigenvalue weighted by Crippen LogP contribution is -2.60. The lowest BCUT2D eigenvalue weighted by Gasteiger charge is -2.40. The number of hydrogen-bond donors (Lipinski definition) is 6. The highest BCUT2D eigenvalue weighted by atomic mass is 16.7. The van der Waals surface area contributed by atoms with Crippen LogP contribution in [0.15, 0.2) is 36.5 Å². The maximum atomic E-state index is 13.1. The zero-order valence-corrected chi connectivity index (χ0v) is 64.1. The van der Waals surface area contributed by atoms with Gasteiger partial charge in [-0.1, -0.05) is 397 Å². The molecule has 1 amide bonds. The summed E-state index contributed by atoms with van der Waals surface area (Å²) in [6.07, 6.45) is 89.2. The van der Waals surface area contributed by atoms with Crippen molar-refractivity contribution in [2.75, 3.05) is 19.8 Å². The number of aliphatic hydroxyl groups is 5. The fourth-order valence-electron chi connectivity index (χ4n) is 13.8. The average molecular weight is 1370 g/mol. The topological polar surface area (TPSA) is 175 Å². The van der Waals surface area contributed by atoms with Crippen molar-refractivity contribution < 1.29 is 49.3 Å². The zero-order valence-electron chi connectivity index (χ0n) is 64.1. The number of carbonyl (C=O) groups is 2. The van der Waals surface area contributed by atoms with Gasteiger partial charge in [-0.3, -0.25) is 9.59 Å². The minimum atomic E-state index is -1.57. The molecule has 7 atom stereocenters. The van der Waals surface area contributed by atoms with E-state index in [-0.39, 0.29) is 18.5 Å². The van der Waals surface area contributed by atoms with Gasteiger partial charge in [-0.15, -0.1) is 0 Å². The molecule has 0 radical (unpaired) electrons. The Morgan fingerprint density at radius 3 is 1.04 bits per heavy atom. The number of allylic oxidation sites excluding steroid dienone is 5. The Bertz CT molecular complexity index is 1710. The van der Waals surface area contributed by atoms with E-state index in [1.165, 1.54) is 353 Å². The molecule has 11 nitrogen and oxygen atoms in total. The van der Waals surface area contributed by atoms with Crippen LogP contribution in [0.1, 0.15) is 438 Å². The van der Waals surface area contributed by atoms with Crippen molar-refractivity contribution in [1.29, 1.82) is 0 Å². The maximum absolute atomic E-state index is 13.1. The Kier molecular flexibility index (Phi) is 71.9. The van der Waals surface area contributed by atoms with E-state index in [1.54, 1.807) is 6.08 Å². The highest BCUT2D eigenvalue weighted by Gasteiger charge is 2.44. The van der Waals surface area contributed by atoms with Crippen LogP contribution in [0.25, 0.3) is 0 Å². The van der Waals surface area contributed by atoms with Gasteiger partial charge in [0.05, 0.1) is 32.0 Å². The Balaban J connectivity index is 1.87. The van der Waals surface area contributed by atoms with Crippen LogP contribution < -0.4 is 5.32 Å². The monoisotopic (exact) mass is 1370 g/mol. The first kappa shape index (κ1) is 92.9. The number of rotatable bonds is 77. The molecule has 0 saturated carbocycles. The van der Waals surface area contributed by atoms with Crippen LogP contribution in [-0.2, 0) is 23.8 Å². The molecular weight excluding hydrogens is 1210 g/mol. The summed E-state index contributed by atoms with van der Waals surface area (Å²) in [6, 6.07) is -0.807. The standard InChI is InChI=1S/C86H163NO10/c1-3-5-7-9-11-13-15-17-18-19-44-47-50-54-58-62-66-70-74-82(91)95-75-71-67-63-59-55-51-48-45-42-40-38-36-34-32-30-28-26-24-22-20-21-23-25-27-29-31-33-35-37-39-41-43-46-49-53-57-61-65-69-73-81(90)87-78(77-96-86-85(94)84(93)83(92)80(76-88)97-86)79(89)72-68-64-60-56-52-16-14-12-10-8-6-4-2/h20-21,24,26,68,72,78-80,83-86,88-89,92-94H,3-19,22-23,25,27-67,69-71,73-77H2,1-2H3,(H,87,90)/b21-20-,26-24-,72-68+. The number of ether oxygens (including phenoxy) is 3. The van der Waals surface area contributed by atoms with E-state index in [9.17, 15) is 35.1 Å². The molecular formula is C86H163NO10. The molecule has 0 aromatic rings. The highest BCUT2D eigenvalue weighted by Crippen LogP contribution is 2.24. The summed E-state index contributed by atoms with van der Waals surface area (Å²) in [5.41, 5.74) is 0. The van der Waals surface area contributed by atoms with Crippen molar-refractivity contribution in [1.82, 2.24) is 5.32 Å². The van der Waals surface area contributed by atoms with Crippen LogP contribution in [-0.4, -0.2) is 100 Å². The molecule has 572 valence electrons. The van der Waals surface area contributed by atoms with Crippen LogP contribution in [0.2, 0.25) is 0 Å². The fraction of sp³-hybridized carbons (Fsp3) is 0.907. The fourth-order valence-corrected chi connectivity index (χ4v) is 13.8. The molecule has 1 aliphatic rings. The van der Waals surface area contributed by atoms with E-state index in [0.29, 0.717) is 19.4 Å². The predicted octanol–water partition coefficient (Wildman–Crippen LogP) is 23.6. The van der Waals surface area contributed by atoms with Gasteiger partial charge in [-0.05, 0) is 64.2 Å². The Hall–Kier alpha value is -2.12. The van der Waals surface area contributed by atoms with Gasteiger partial charge in [0, 0.05) is 12.8 Å². The molecule has 0 aliphatic carbocycles. The predicted molar refractivity (Wildman–Crippen MR) is 412 cm³/mol. The lowest BCUT2D eigenvalue weighted by atomic mass is 9.99. The van der Waals surface area contributed by atoms with Crippen LogP contribution in [0.3, 0.4) is 0 Å². The van der Waals surface area contributed by atoms with E-state index in [4.69, 9.17) is 14.2 Å². The van der Waals surface area contributed by atoms with Gasteiger partial charge in [0.15, 0.2) is 6.29 Å². The molecule has 0 bridgehead atoms. The van der Waals surface area contributed by atoms with Crippen LogP contribution in [0.4, 0.5) is 0 Å². The average Bonchev–Trinajstić information content (AvgIpc) is 0.834. The SMILES string of the molecule is CCCCCCCCCCCC/C=C/C(O)C(COC1OC(CO)C(O)C(O)C1O)NC(=O)CCCCCCCCCCCCCCCCCCC/C=C\C/C=C\CCCCCCCCCCCCCCCCCOC(=O)CCCCCCCCCCCCCCCCCCCC. The van der Waals surface area contributed by atoms with Crippen molar-refractivity contribution in [3.8, 4) is 0 Å². The largest absolute Gasteiger partial charge is 0.466 e. The number of esters is 1. The minimum absolute atomic E-state index is 0.0199. The summed E-state index contributed by atoms with van der Waals surface area (Å²) in [5, 5.41) is 54.5. The second-order valence-electron chi connectivity index (χ2n) is 29.9. The van der Waals surface area contributed by atoms with E-state index in [2.05, 4.69) is 43.5 Å². The summed E-state index contributed by atoms with van der Waals surface area (Å²) in [4.78, 5) is 25.2. The summed E-state index contributed by atoms with van der Waals surface area (Å²) < 4.78 is 16.8. The van der Waals surface area contributed by atoms with Crippen molar-refractivity contribution in [2.45, 2.75) is 480 Å². The molecule has 6 N–H and O–H groups in total. The molecule has 97 heavy (non-hydrogen) atoms. The third-order valence-corrected chi connectivity index (χ3v) is 20.5. The van der Waals surface area contributed by atoms with Crippen molar-refractivity contribution >= 4 is 11.9 Å². The molecule has 0 spiro atoms. The van der Waals surface area contributed by atoms with Gasteiger partial charge in [0.2, 0.25) is 5.91 Å². The second kappa shape index (κ2) is 75.1. The molecule has 7 unspecified atom stereocenters. The van der Waals surface area contributed by atoms with Crippen molar-refractivity contribution in [3.63, 3.8) is 0 Å². The van der Waals surface area contributed by atoms with Crippen LogP contribution in [0, 0.1) is 0 Å². The van der Waals surface area contributed by atoms with E-state index in [0.717, 1.165) is 57.8 Å². The highest BCUT2D eigenvalue weighted by molar-refractivity contribution is 5.76. The number of aliphatic hydroxyl groups excluding tert-OH is 5. The first-order chi connectivity index (χ1) is 47.7. The second-order valence-corrected chi connectivity index (χ2v) is 29.9. The molecule has 0 aromatic heterocycles. The van der Waals surface area contributed by atoms with Gasteiger partial charge < -0.3 is 45.1 Å². The van der Waals surface area contributed by atoms with Crippen LogP contribution in [0.5, 0.6) is 0 Å². The maximum Gasteiger partial charge on any atom is 0.305 e. The van der Waals surface area contributed by atoms with Crippen molar-refractivity contribution in [3.05, 3.63) is 36.5 Å². The zero-order chi connectivity index (χ0) is 70.1. The number of unbranched alkanes of at least 4 members (excludes halogenated alkanes) is 59. The van der Waals surface area contributed by atoms with Gasteiger partial charge >= 0.3 is 5.97 Å². The van der Waals surface area contributed by atoms with E-state index in [1.807, 2.05) is 6.08 Å². The lowest BCUT2D eigenvalue weighted by molar-refractivity contribution is -0.302. The quantitative estimate of drug-likeness (QED) is 0.0195. The first-order valence-corrected chi connectivity index (χ1v) is 42.8. The van der Waals surface area contributed by atoms with Gasteiger partial charge in [0.25, 0.3) is 0 Å². The minimum Gasteiger partial charge on any atom is -0.466 e. The third-order valence-electron chi connectivity index (χ3n) is 20.5. The van der Waals surface area contributed by atoms with Gasteiger partial charge in [-0.2, -0.15) is 0 Å². The molecule has 1 fully saturated rings. The first-order valence-electron chi connectivity index (χ1n) is 42.8. The van der Waals surface area contributed by atoms with Gasteiger partial charge in [0.1, 0.15) is 24.4 Å². The van der Waals surface area contributed by atoms with Crippen LogP contribution >= 0.6 is 0 Å². The molecule has 1 saturated heterocycles. The summed E-state index contributed by atoms with van der Waals surface area (Å²) in [6.45, 7) is 4.40. The molecule has 11 heteroatoms.